The van der Waals surface area contributed by atoms with Crippen LogP contribution in [0.4, 0.5) is 17.3 Å². The van der Waals surface area contributed by atoms with Crippen LogP contribution >= 0.6 is 0 Å². The zero-order valence-corrected chi connectivity index (χ0v) is 19.7. The molecule has 11 nitrogen and oxygen atoms in total. The molecule has 0 radical (unpaired) electrons. The number of amides is 1. The maximum Gasteiger partial charge on any atom is 0.272 e. The Morgan fingerprint density at radius 3 is 2.79 bits per heavy atom. The summed E-state index contributed by atoms with van der Waals surface area (Å²) in [6, 6.07) is 7.94. The zero-order chi connectivity index (χ0) is 23.8. The van der Waals surface area contributed by atoms with E-state index in [1.165, 1.54) is 0 Å². The SMILES string of the molecule is CNC(=O)c1nn(C)c2ccc(Nc3nccc(-n4cc(N[C@@H]5CCN(C)C5)c(C)n4)n3)cc12. The van der Waals surface area contributed by atoms with Crippen molar-refractivity contribution >= 4 is 34.1 Å². The summed E-state index contributed by atoms with van der Waals surface area (Å²) in [5, 5.41) is 19.2. The van der Waals surface area contributed by atoms with Crippen molar-refractivity contribution in [1.82, 2.24) is 39.7 Å². The smallest absolute Gasteiger partial charge is 0.272 e. The number of fused-ring (bicyclic) bond motifs is 1. The molecule has 4 heterocycles. The molecule has 11 heteroatoms. The van der Waals surface area contributed by atoms with Crippen molar-refractivity contribution in [1.29, 1.82) is 0 Å². The number of benzene rings is 1. The van der Waals surface area contributed by atoms with Gasteiger partial charge < -0.3 is 20.9 Å². The van der Waals surface area contributed by atoms with Gasteiger partial charge in [-0.1, -0.05) is 0 Å². The van der Waals surface area contributed by atoms with Crippen molar-refractivity contribution in [3.05, 3.63) is 48.0 Å². The first kappa shape index (κ1) is 21.8. The number of anilines is 3. The molecule has 1 aromatic carbocycles. The summed E-state index contributed by atoms with van der Waals surface area (Å²) in [7, 11) is 5.54. The Balaban J connectivity index is 1.38. The molecule has 1 aliphatic heterocycles. The molecule has 1 atom stereocenters. The van der Waals surface area contributed by atoms with E-state index in [-0.39, 0.29) is 5.91 Å². The van der Waals surface area contributed by atoms with E-state index in [0.717, 1.165) is 47.5 Å². The molecule has 1 saturated heterocycles. The van der Waals surface area contributed by atoms with Gasteiger partial charge in [0.1, 0.15) is 0 Å². The molecule has 4 aromatic rings. The average Bonchev–Trinajstić information content (AvgIpc) is 3.51. The van der Waals surface area contributed by atoms with Crippen LogP contribution in [0.25, 0.3) is 16.7 Å². The summed E-state index contributed by atoms with van der Waals surface area (Å²) in [6.07, 6.45) is 4.78. The lowest BCUT2D eigenvalue weighted by Crippen LogP contribution is -2.23. The highest BCUT2D eigenvalue weighted by atomic mass is 16.1. The van der Waals surface area contributed by atoms with Gasteiger partial charge in [-0.25, -0.2) is 9.67 Å². The monoisotopic (exact) mass is 460 g/mol. The van der Waals surface area contributed by atoms with Crippen LogP contribution in [0.15, 0.2) is 36.7 Å². The molecule has 0 bridgehead atoms. The van der Waals surface area contributed by atoms with Gasteiger partial charge in [0.05, 0.1) is 23.1 Å². The maximum absolute atomic E-state index is 12.2. The Bertz CT molecular complexity index is 1360. The minimum atomic E-state index is -0.233. The fourth-order valence-corrected chi connectivity index (χ4v) is 4.29. The Morgan fingerprint density at radius 2 is 2.03 bits per heavy atom. The Hall–Kier alpha value is -3.99. The minimum Gasteiger partial charge on any atom is -0.378 e. The molecule has 5 rings (SSSR count). The number of likely N-dealkylation sites (N-methyl/N-ethyl adjacent to an activating group) is 1. The molecule has 1 fully saturated rings. The van der Waals surface area contributed by atoms with E-state index in [0.29, 0.717) is 23.5 Å². The molecular weight excluding hydrogens is 432 g/mol. The van der Waals surface area contributed by atoms with E-state index in [9.17, 15) is 4.79 Å². The second-order valence-electron chi connectivity index (χ2n) is 8.61. The van der Waals surface area contributed by atoms with E-state index in [1.54, 1.807) is 22.6 Å². The normalized spacial score (nSPS) is 16.2. The highest BCUT2D eigenvalue weighted by Crippen LogP contribution is 2.25. The summed E-state index contributed by atoms with van der Waals surface area (Å²) in [6.45, 7) is 4.11. The third kappa shape index (κ3) is 4.17. The highest BCUT2D eigenvalue weighted by Gasteiger charge is 2.21. The topological polar surface area (TPSA) is 118 Å². The van der Waals surface area contributed by atoms with E-state index in [2.05, 4.69) is 48.1 Å². The van der Waals surface area contributed by atoms with Gasteiger partial charge >= 0.3 is 0 Å². The average molecular weight is 461 g/mol. The molecular formula is C23H28N10O. The first-order chi connectivity index (χ1) is 16.4. The molecule has 34 heavy (non-hydrogen) atoms. The van der Waals surface area contributed by atoms with Gasteiger partial charge in [0.2, 0.25) is 5.95 Å². The van der Waals surface area contributed by atoms with Crippen molar-refractivity contribution in [2.45, 2.75) is 19.4 Å². The lowest BCUT2D eigenvalue weighted by Gasteiger charge is -2.12. The van der Waals surface area contributed by atoms with Crippen LogP contribution in [0, 0.1) is 6.92 Å². The van der Waals surface area contributed by atoms with Gasteiger partial charge in [-0.3, -0.25) is 9.48 Å². The van der Waals surface area contributed by atoms with Crippen LogP contribution in [0.5, 0.6) is 0 Å². The van der Waals surface area contributed by atoms with Gasteiger partial charge in [0.15, 0.2) is 11.5 Å². The Morgan fingerprint density at radius 1 is 1.18 bits per heavy atom. The predicted molar refractivity (Wildman–Crippen MR) is 131 cm³/mol. The van der Waals surface area contributed by atoms with Gasteiger partial charge in [-0.2, -0.15) is 15.2 Å². The highest BCUT2D eigenvalue weighted by molar-refractivity contribution is 6.05. The Labute approximate surface area is 197 Å². The van der Waals surface area contributed by atoms with Crippen LogP contribution in [0.3, 0.4) is 0 Å². The van der Waals surface area contributed by atoms with Crippen LogP contribution in [-0.2, 0) is 7.05 Å². The second-order valence-corrected chi connectivity index (χ2v) is 8.61. The fraction of sp³-hybridized carbons (Fsp3) is 0.348. The van der Waals surface area contributed by atoms with Crippen molar-refractivity contribution < 1.29 is 4.79 Å². The van der Waals surface area contributed by atoms with Gasteiger partial charge in [0, 0.05) is 50.0 Å². The number of nitrogens with one attached hydrogen (secondary N) is 3. The molecule has 0 aliphatic carbocycles. The third-order valence-corrected chi connectivity index (χ3v) is 6.07. The van der Waals surface area contributed by atoms with Crippen molar-refractivity contribution in [2.24, 2.45) is 7.05 Å². The molecule has 0 spiro atoms. The first-order valence-corrected chi connectivity index (χ1v) is 11.2. The standard InChI is InChI=1S/C23H28N10O/c1-14-18(26-16-8-10-31(3)12-16)13-33(29-14)20-7-9-25-23(28-20)27-15-5-6-19-17(11-15)21(22(34)24-2)30-32(19)4/h5-7,9,11,13,16,26H,8,10,12H2,1-4H3,(H,24,34)(H,25,27,28)/t16-/m1/s1. The van der Waals surface area contributed by atoms with Crippen LogP contribution in [0.1, 0.15) is 22.6 Å². The second kappa shape index (κ2) is 8.75. The summed E-state index contributed by atoms with van der Waals surface area (Å²) in [5.41, 5.74) is 3.92. The van der Waals surface area contributed by atoms with Gasteiger partial charge in [0.25, 0.3) is 5.91 Å². The van der Waals surface area contributed by atoms with Gasteiger partial charge in [-0.05, 0) is 45.1 Å². The lowest BCUT2D eigenvalue weighted by atomic mass is 10.2. The molecule has 0 saturated carbocycles. The molecule has 3 aromatic heterocycles. The summed E-state index contributed by atoms with van der Waals surface area (Å²) in [5.74, 6) is 0.858. The van der Waals surface area contributed by atoms with Crippen LogP contribution < -0.4 is 16.0 Å². The first-order valence-electron chi connectivity index (χ1n) is 11.2. The molecule has 0 unspecified atom stereocenters. The quantitative estimate of drug-likeness (QED) is 0.400. The number of carbonyl (C=O) groups is 1. The summed E-state index contributed by atoms with van der Waals surface area (Å²) < 4.78 is 3.45. The minimum absolute atomic E-state index is 0.233. The number of nitrogens with zero attached hydrogens (tertiary/aromatic N) is 7. The van der Waals surface area contributed by atoms with E-state index < -0.39 is 0 Å². The fourth-order valence-electron chi connectivity index (χ4n) is 4.29. The van der Waals surface area contributed by atoms with E-state index >= 15 is 0 Å². The van der Waals surface area contributed by atoms with Crippen molar-refractivity contribution in [3.8, 4) is 5.82 Å². The predicted octanol–water partition coefficient (Wildman–Crippen LogP) is 2.08. The molecule has 1 aliphatic rings. The lowest BCUT2D eigenvalue weighted by molar-refractivity contribution is 0.0959. The van der Waals surface area contributed by atoms with Crippen LogP contribution in [0.2, 0.25) is 0 Å². The van der Waals surface area contributed by atoms with Crippen molar-refractivity contribution in [3.63, 3.8) is 0 Å². The third-order valence-electron chi connectivity index (χ3n) is 6.07. The zero-order valence-electron chi connectivity index (χ0n) is 19.7. The number of aromatic nitrogens is 6. The molecule has 1 amide bonds. The van der Waals surface area contributed by atoms with E-state index in [1.807, 2.05) is 44.4 Å². The van der Waals surface area contributed by atoms with Gasteiger partial charge in [-0.15, -0.1) is 0 Å². The van der Waals surface area contributed by atoms with E-state index in [4.69, 9.17) is 0 Å². The Kier molecular flexibility index (Phi) is 5.62. The number of aryl methyl sites for hydroxylation is 2. The molecule has 3 N–H and O–H groups in total. The number of hydrogen-bond donors (Lipinski definition) is 3. The number of rotatable bonds is 6. The summed E-state index contributed by atoms with van der Waals surface area (Å²) in [4.78, 5) is 23.5. The van der Waals surface area contributed by atoms with Crippen LogP contribution in [-0.4, -0.2) is 73.6 Å². The summed E-state index contributed by atoms with van der Waals surface area (Å²) >= 11 is 0. The number of likely N-dealkylation sites (tertiary alicyclic amines) is 1. The molecule has 176 valence electrons. The number of carbonyl (C=O) groups excluding carboxylic acids is 1. The maximum atomic E-state index is 12.2. The number of hydrogen-bond acceptors (Lipinski definition) is 8. The van der Waals surface area contributed by atoms with Crippen molar-refractivity contribution in [2.75, 3.05) is 37.8 Å². The largest absolute Gasteiger partial charge is 0.378 e.